The Morgan fingerprint density at radius 3 is 2.52 bits per heavy atom. The highest BCUT2D eigenvalue weighted by Crippen LogP contribution is 2.39. The number of nitrogens with zero attached hydrogens (tertiary/aromatic N) is 5. The van der Waals surface area contributed by atoms with Crippen LogP contribution in [0.2, 0.25) is 0 Å². The molecule has 1 atom stereocenters. The monoisotopic (exact) mass is 357 g/mol. The predicted molar refractivity (Wildman–Crippen MR) is 96.2 cm³/mol. The maximum atomic E-state index is 13.1. The van der Waals surface area contributed by atoms with Crippen molar-refractivity contribution in [1.29, 1.82) is 0 Å². The molecule has 0 bridgehead atoms. The summed E-state index contributed by atoms with van der Waals surface area (Å²) in [5.74, 6) is 0.176. The first-order chi connectivity index (χ1) is 12.3. The second kappa shape index (κ2) is 7.56. The number of rotatable bonds is 5. The molecule has 1 aliphatic carbocycles. The molecule has 0 spiro atoms. The molecule has 6 nitrogen and oxygen atoms in total. The maximum absolute atomic E-state index is 13.1. The molecule has 0 unspecified atom stereocenters. The number of carbonyl (C=O) groups excluding carboxylic acids is 1. The Balaban J connectivity index is 1.60. The summed E-state index contributed by atoms with van der Waals surface area (Å²) in [6.45, 7) is 1.71. The van der Waals surface area contributed by atoms with Crippen molar-refractivity contribution in [3.63, 3.8) is 0 Å². The summed E-state index contributed by atoms with van der Waals surface area (Å²) in [5.41, 5.74) is 1.02. The molecule has 0 radical (unpaired) electrons. The first-order valence-corrected chi connectivity index (χ1v) is 9.99. The zero-order valence-electron chi connectivity index (χ0n) is 14.3. The van der Waals surface area contributed by atoms with Gasteiger partial charge in [-0.2, -0.15) is 0 Å². The third-order valence-electron chi connectivity index (χ3n) is 5.10. The van der Waals surface area contributed by atoms with E-state index in [1.165, 1.54) is 24.6 Å². The molecule has 2 aliphatic rings. The normalized spacial score (nSPS) is 19.4. The fraction of sp³-hybridized carbons (Fsp3) is 0.556. The SMILES string of the molecule is O=C([C@H](Sc1nnnn1C1CCCC1)c1ccccc1)N1CCCC1. The van der Waals surface area contributed by atoms with Crippen LogP contribution < -0.4 is 0 Å². The van der Waals surface area contributed by atoms with E-state index in [0.717, 1.165) is 49.5 Å². The predicted octanol–water partition coefficient (Wildman–Crippen LogP) is 3.24. The highest BCUT2D eigenvalue weighted by Gasteiger charge is 2.31. The van der Waals surface area contributed by atoms with Crippen LogP contribution in [0, 0.1) is 0 Å². The lowest BCUT2D eigenvalue weighted by Crippen LogP contribution is -2.31. The van der Waals surface area contributed by atoms with E-state index in [-0.39, 0.29) is 11.2 Å². The highest BCUT2D eigenvalue weighted by molar-refractivity contribution is 8.00. The fourth-order valence-electron chi connectivity index (χ4n) is 3.74. The van der Waals surface area contributed by atoms with Gasteiger partial charge in [0, 0.05) is 13.1 Å². The van der Waals surface area contributed by atoms with E-state index in [1.807, 2.05) is 39.9 Å². The van der Waals surface area contributed by atoms with Crippen molar-refractivity contribution < 1.29 is 4.79 Å². The third-order valence-corrected chi connectivity index (χ3v) is 6.29. The molecule has 0 N–H and O–H groups in total. The minimum atomic E-state index is -0.287. The van der Waals surface area contributed by atoms with E-state index in [0.29, 0.717) is 6.04 Å². The lowest BCUT2D eigenvalue weighted by atomic mass is 10.1. The molecular weight excluding hydrogens is 334 g/mol. The first-order valence-electron chi connectivity index (χ1n) is 9.11. The van der Waals surface area contributed by atoms with Gasteiger partial charge in [-0.25, -0.2) is 4.68 Å². The molecule has 25 heavy (non-hydrogen) atoms. The minimum absolute atomic E-state index is 0.176. The zero-order valence-corrected chi connectivity index (χ0v) is 15.1. The van der Waals surface area contributed by atoms with Crippen LogP contribution in [0.1, 0.15) is 55.4 Å². The Hall–Kier alpha value is -1.89. The first kappa shape index (κ1) is 16.6. The van der Waals surface area contributed by atoms with Crippen LogP contribution in [0.3, 0.4) is 0 Å². The van der Waals surface area contributed by atoms with Crippen molar-refractivity contribution >= 4 is 17.7 Å². The topological polar surface area (TPSA) is 63.9 Å². The molecule has 1 aromatic carbocycles. The summed E-state index contributed by atoms with van der Waals surface area (Å²) in [6.07, 6.45) is 6.88. The van der Waals surface area contributed by atoms with Crippen LogP contribution >= 0.6 is 11.8 Å². The van der Waals surface area contributed by atoms with Gasteiger partial charge in [-0.3, -0.25) is 4.79 Å². The van der Waals surface area contributed by atoms with Crippen LogP contribution in [-0.4, -0.2) is 44.1 Å². The van der Waals surface area contributed by atoms with Gasteiger partial charge in [-0.15, -0.1) is 5.10 Å². The Morgan fingerprint density at radius 1 is 1.08 bits per heavy atom. The number of hydrogen-bond acceptors (Lipinski definition) is 5. The summed E-state index contributed by atoms with van der Waals surface area (Å²) in [5, 5.41) is 12.8. The Labute approximate surface area is 152 Å². The fourth-order valence-corrected chi connectivity index (χ4v) is 4.87. The van der Waals surface area contributed by atoms with Crippen LogP contribution in [-0.2, 0) is 4.79 Å². The number of likely N-dealkylation sites (tertiary alicyclic amines) is 1. The largest absolute Gasteiger partial charge is 0.341 e. The number of amides is 1. The Morgan fingerprint density at radius 2 is 1.80 bits per heavy atom. The lowest BCUT2D eigenvalue weighted by molar-refractivity contribution is -0.129. The van der Waals surface area contributed by atoms with Crippen molar-refractivity contribution in [1.82, 2.24) is 25.1 Å². The number of hydrogen-bond donors (Lipinski definition) is 0. The summed E-state index contributed by atoms with van der Waals surface area (Å²) in [4.78, 5) is 15.1. The molecule has 1 saturated heterocycles. The molecular formula is C18H23N5OS. The molecule has 132 valence electrons. The van der Waals surface area contributed by atoms with Gasteiger partial charge in [-0.05, 0) is 41.7 Å². The van der Waals surface area contributed by atoms with Gasteiger partial charge >= 0.3 is 0 Å². The van der Waals surface area contributed by atoms with Gasteiger partial charge in [0.25, 0.3) is 0 Å². The number of tetrazole rings is 1. The molecule has 1 amide bonds. The number of benzene rings is 1. The van der Waals surface area contributed by atoms with Crippen molar-refractivity contribution in [2.24, 2.45) is 0 Å². The smallest absolute Gasteiger partial charge is 0.240 e. The van der Waals surface area contributed by atoms with Gasteiger partial charge in [0.2, 0.25) is 11.1 Å². The lowest BCUT2D eigenvalue weighted by Gasteiger charge is -2.23. The van der Waals surface area contributed by atoms with Gasteiger partial charge in [0.1, 0.15) is 5.25 Å². The van der Waals surface area contributed by atoms with Crippen molar-refractivity contribution in [3.05, 3.63) is 35.9 Å². The van der Waals surface area contributed by atoms with Crippen molar-refractivity contribution in [2.45, 2.75) is 55.0 Å². The second-order valence-electron chi connectivity index (χ2n) is 6.79. The summed E-state index contributed by atoms with van der Waals surface area (Å²) >= 11 is 1.49. The molecule has 2 fully saturated rings. The van der Waals surface area contributed by atoms with Gasteiger partial charge in [0.15, 0.2) is 0 Å². The van der Waals surface area contributed by atoms with E-state index in [2.05, 4.69) is 15.5 Å². The molecule has 1 aliphatic heterocycles. The van der Waals surface area contributed by atoms with E-state index in [4.69, 9.17) is 0 Å². The number of thioether (sulfide) groups is 1. The average molecular weight is 357 g/mol. The molecule has 2 aromatic rings. The van der Waals surface area contributed by atoms with Crippen molar-refractivity contribution in [3.8, 4) is 0 Å². The van der Waals surface area contributed by atoms with E-state index in [1.54, 1.807) is 0 Å². The number of carbonyl (C=O) groups is 1. The van der Waals surface area contributed by atoms with Gasteiger partial charge in [-0.1, -0.05) is 54.9 Å². The zero-order chi connectivity index (χ0) is 17.1. The third kappa shape index (κ3) is 3.56. The van der Waals surface area contributed by atoms with E-state index in [9.17, 15) is 4.79 Å². The second-order valence-corrected chi connectivity index (χ2v) is 7.86. The van der Waals surface area contributed by atoms with Crippen LogP contribution in [0.4, 0.5) is 0 Å². The van der Waals surface area contributed by atoms with Crippen LogP contribution in [0.5, 0.6) is 0 Å². The van der Waals surface area contributed by atoms with E-state index < -0.39 is 0 Å². The average Bonchev–Trinajstić information content (AvgIpc) is 3.42. The van der Waals surface area contributed by atoms with Gasteiger partial charge < -0.3 is 4.90 Å². The summed E-state index contributed by atoms with van der Waals surface area (Å²) < 4.78 is 1.94. The van der Waals surface area contributed by atoms with Crippen LogP contribution in [0.25, 0.3) is 0 Å². The standard InChI is InChI=1S/C18H23N5OS/c24-17(22-12-6-7-13-22)16(14-8-2-1-3-9-14)25-18-19-20-21-23(18)15-10-4-5-11-15/h1-3,8-9,15-16H,4-7,10-13H2/t16-/m1/s1. The molecule has 1 aromatic heterocycles. The van der Waals surface area contributed by atoms with Crippen molar-refractivity contribution in [2.75, 3.05) is 13.1 Å². The maximum Gasteiger partial charge on any atom is 0.240 e. The summed E-state index contributed by atoms with van der Waals surface area (Å²) in [7, 11) is 0. The Kier molecular flexibility index (Phi) is 5.01. The molecule has 7 heteroatoms. The molecule has 4 rings (SSSR count). The summed E-state index contributed by atoms with van der Waals surface area (Å²) in [6, 6.07) is 10.4. The molecule has 1 saturated carbocycles. The van der Waals surface area contributed by atoms with E-state index >= 15 is 0 Å². The highest BCUT2D eigenvalue weighted by atomic mass is 32.2. The van der Waals surface area contributed by atoms with Gasteiger partial charge in [0.05, 0.1) is 6.04 Å². The minimum Gasteiger partial charge on any atom is -0.341 e. The number of aromatic nitrogens is 4. The molecule has 2 heterocycles. The van der Waals surface area contributed by atoms with Crippen LogP contribution in [0.15, 0.2) is 35.5 Å². The quantitative estimate of drug-likeness (QED) is 0.769. The Bertz CT molecular complexity index is 707.